The fraction of sp³-hybridized carbons (Fsp3) is 0.568. The van der Waals surface area contributed by atoms with E-state index in [9.17, 15) is 4.79 Å². The van der Waals surface area contributed by atoms with E-state index in [1.165, 1.54) is 38.8 Å². The number of carbonyl (C=O) groups is 1. The molecule has 228 valence electrons. The van der Waals surface area contributed by atoms with Crippen LogP contribution in [0.4, 0.5) is 0 Å². The zero-order valence-electron chi connectivity index (χ0n) is 26.2. The first kappa shape index (κ1) is 28.5. The van der Waals surface area contributed by atoms with Gasteiger partial charge in [0.1, 0.15) is 0 Å². The van der Waals surface area contributed by atoms with Crippen molar-refractivity contribution in [2.24, 2.45) is 28.6 Å². The summed E-state index contributed by atoms with van der Waals surface area (Å²) in [6.45, 7) is 8.73. The molecule has 3 fully saturated rings. The third kappa shape index (κ3) is 5.05. The second kappa shape index (κ2) is 11.3. The van der Waals surface area contributed by atoms with Crippen LogP contribution in [0.15, 0.2) is 65.9 Å². The van der Waals surface area contributed by atoms with Gasteiger partial charge in [0.2, 0.25) is 0 Å². The van der Waals surface area contributed by atoms with Crippen molar-refractivity contribution in [1.29, 1.82) is 0 Å². The van der Waals surface area contributed by atoms with Crippen molar-refractivity contribution in [1.82, 2.24) is 14.5 Å². The van der Waals surface area contributed by atoms with Gasteiger partial charge in [-0.25, -0.2) is 4.98 Å². The molecule has 43 heavy (non-hydrogen) atoms. The van der Waals surface area contributed by atoms with Crippen LogP contribution in [0.1, 0.15) is 77.2 Å². The molecule has 0 amide bonds. The highest BCUT2D eigenvalue weighted by Crippen LogP contribution is 2.64. The number of hydrogen-bond acceptors (Lipinski definition) is 5. The number of rotatable bonds is 8. The predicted octanol–water partition coefficient (Wildman–Crippen LogP) is 7.48. The number of aryl methyl sites for hydroxylation is 1. The molecule has 6 nitrogen and oxygen atoms in total. The number of benzene rings is 1. The van der Waals surface area contributed by atoms with Crippen LogP contribution in [0, 0.1) is 28.6 Å². The van der Waals surface area contributed by atoms with E-state index in [4.69, 9.17) is 9.47 Å². The first-order chi connectivity index (χ1) is 20.9. The summed E-state index contributed by atoms with van der Waals surface area (Å²) in [5.41, 5.74) is 5.15. The number of aromatic nitrogens is 2. The third-order valence-electron chi connectivity index (χ3n) is 11.8. The van der Waals surface area contributed by atoms with Crippen molar-refractivity contribution in [3.05, 3.63) is 71.5 Å². The van der Waals surface area contributed by atoms with Crippen LogP contribution in [-0.2, 0) is 11.3 Å². The Balaban J connectivity index is 1.07. The Morgan fingerprint density at radius 3 is 2.74 bits per heavy atom. The number of fused-ring (bicyclic) bond motifs is 5. The van der Waals surface area contributed by atoms with E-state index >= 15 is 0 Å². The third-order valence-corrected chi connectivity index (χ3v) is 11.8. The van der Waals surface area contributed by atoms with Crippen molar-refractivity contribution in [2.45, 2.75) is 78.2 Å². The molecule has 0 spiro atoms. The van der Waals surface area contributed by atoms with Gasteiger partial charge in [0.15, 0.2) is 17.3 Å². The number of carbonyl (C=O) groups excluding carboxylic acids is 1. The maximum absolute atomic E-state index is 14.0. The normalized spacial score (nSPS) is 32.6. The number of ether oxygens (including phenoxy) is 2. The van der Waals surface area contributed by atoms with Gasteiger partial charge in [-0.3, -0.25) is 4.79 Å². The largest absolute Gasteiger partial charge is 0.493 e. The average Bonchev–Trinajstić information content (AvgIpc) is 3.79. The number of nitrogens with zero attached hydrogens (tertiary/aromatic N) is 3. The van der Waals surface area contributed by atoms with Crippen LogP contribution in [-0.4, -0.2) is 47.0 Å². The summed E-state index contributed by atoms with van der Waals surface area (Å²) >= 11 is 0. The van der Waals surface area contributed by atoms with Crippen molar-refractivity contribution in [2.75, 3.05) is 26.8 Å². The first-order valence-electron chi connectivity index (χ1n) is 16.6. The Labute approximate surface area is 256 Å². The molecule has 5 aliphatic rings. The molecule has 1 aromatic heterocycles. The van der Waals surface area contributed by atoms with Gasteiger partial charge in [-0.05, 0) is 122 Å². The van der Waals surface area contributed by atoms with E-state index in [1.54, 1.807) is 24.6 Å². The molecule has 7 rings (SSSR count). The quantitative estimate of drug-likeness (QED) is 0.239. The van der Waals surface area contributed by atoms with Crippen LogP contribution in [0.3, 0.4) is 0 Å². The Kier molecular flexibility index (Phi) is 7.51. The molecule has 6 heteroatoms. The van der Waals surface area contributed by atoms with E-state index in [0.29, 0.717) is 35.9 Å². The molecule has 2 saturated carbocycles. The van der Waals surface area contributed by atoms with Gasteiger partial charge in [-0.1, -0.05) is 26.0 Å². The van der Waals surface area contributed by atoms with Gasteiger partial charge >= 0.3 is 0 Å². The standard InChI is InChI=1S/C37H47N3O3/c1-36-13-11-29(40-17-4-5-18-40)24-28(36)8-9-30-31(36)12-14-37(2)32(30)23-27(35(37)41)21-26-7-10-33(34(22-26)42-3)43-20-6-16-39-19-15-38-25-39/h7-8,10,15,19,21-22,24-25,30-32H,4-6,9,11-14,16-18,20,23H2,1-3H3/b27-21-/t30-,31+,32+,36+,37+/m1/s1. The summed E-state index contributed by atoms with van der Waals surface area (Å²) in [5.74, 6) is 3.49. The maximum Gasteiger partial charge on any atom is 0.165 e. The Morgan fingerprint density at radius 2 is 1.95 bits per heavy atom. The molecular weight excluding hydrogens is 534 g/mol. The molecule has 1 aromatic carbocycles. The van der Waals surface area contributed by atoms with Gasteiger partial charge in [-0.15, -0.1) is 0 Å². The summed E-state index contributed by atoms with van der Waals surface area (Å²) in [6.07, 6.45) is 23.0. The van der Waals surface area contributed by atoms with Crippen molar-refractivity contribution in [3.8, 4) is 11.5 Å². The molecule has 0 bridgehead atoms. The molecule has 4 aliphatic carbocycles. The van der Waals surface area contributed by atoms with E-state index in [0.717, 1.165) is 55.5 Å². The maximum atomic E-state index is 14.0. The highest BCUT2D eigenvalue weighted by atomic mass is 16.5. The van der Waals surface area contributed by atoms with Crippen molar-refractivity contribution in [3.63, 3.8) is 0 Å². The highest BCUT2D eigenvalue weighted by Gasteiger charge is 2.59. The van der Waals surface area contributed by atoms with Crippen molar-refractivity contribution < 1.29 is 14.3 Å². The van der Waals surface area contributed by atoms with Gasteiger partial charge in [0, 0.05) is 43.1 Å². The number of ketones is 1. The zero-order chi connectivity index (χ0) is 29.6. The van der Waals surface area contributed by atoms with Crippen molar-refractivity contribution >= 4 is 11.9 Å². The SMILES string of the molecule is COc1cc(/C=C2/C[C@H]3[C@@H]4CC=C5C=C(N6CCCC6)CC[C@]5(C)[C@H]4CC[C@]3(C)C2=O)ccc1OCCCn1ccnc1. The Hall–Kier alpha value is -3.28. The summed E-state index contributed by atoms with van der Waals surface area (Å²) < 4.78 is 13.8. The molecule has 2 heterocycles. The highest BCUT2D eigenvalue weighted by molar-refractivity contribution is 6.06. The van der Waals surface area contributed by atoms with Gasteiger partial charge in [0.25, 0.3) is 0 Å². The zero-order valence-corrected chi connectivity index (χ0v) is 26.2. The molecular formula is C37H47N3O3. The Morgan fingerprint density at radius 1 is 1.09 bits per heavy atom. The summed E-state index contributed by atoms with van der Waals surface area (Å²) in [7, 11) is 1.68. The van der Waals surface area contributed by atoms with Crippen LogP contribution in [0.5, 0.6) is 11.5 Å². The van der Waals surface area contributed by atoms with Gasteiger partial charge in [0.05, 0.1) is 20.0 Å². The summed E-state index contributed by atoms with van der Waals surface area (Å²) in [5, 5.41) is 0. The number of imidazole rings is 1. The van der Waals surface area contributed by atoms with Gasteiger partial charge in [-0.2, -0.15) is 0 Å². The smallest absolute Gasteiger partial charge is 0.165 e. The number of Topliss-reactive ketones (excluding diaryl/α,β-unsaturated/α-hetero) is 1. The molecule has 0 radical (unpaired) electrons. The van der Waals surface area contributed by atoms with E-state index in [2.05, 4.69) is 52.6 Å². The van der Waals surface area contributed by atoms with Crippen LogP contribution in [0.25, 0.3) is 6.08 Å². The Bertz CT molecular complexity index is 1450. The second-order valence-corrected chi connectivity index (χ2v) is 14.1. The van der Waals surface area contributed by atoms with E-state index < -0.39 is 0 Å². The average molecular weight is 582 g/mol. The second-order valence-electron chi connectivity index (χ2n) is 14.1. The van der Waals surface area contributed by atoms with Gasteiger partial charge < -0.3 is 18.9 Å². The molecule has 0 N–H and O–H groups in total. The van der Waals surface area contributed by atoms with Crippen LogP contribution < -0.4 is 9.47 Å². The van der Waals surface area contributed by atoms with Crippen LogP contribution >= 0.6 is 0 Å². The number of methoxy groups -OCH3 is 1. The minimum atomic E-state index is -0.248. The lowest BCUT2D eigenvalue weighted by molar-refractivity contribution is -0.129. The molecule has 1 saturated heterocycles. The molecule has 5 atom stereocenters. The summed E-state index contributed by atoms with van der Waals surface area (Å²) in [6, 6.07) is 6.06. The number of likely N-dealkylation sites (tertiary alicyclic amines) is 1. The molecule has 2 aromatic rings. The fourth-order valence-corrected chi connectivity index (χ4v) is 9.31. The minimum absolute atomic E-state index is 0.241. The molecule has 0 unspecified atom stereocenters. The first-order valence-corrected chi connectivity index (χ1v) is 16.6. The number of allylic oxidation sites excluding steroid dienone is 5. The lowest BCUT2D eigenvalue weighted by atomic mass is 9.49. The fourth-order valence-electron chi connectivity index (χ4n) is 9.31. The number of hydrogen-bond donors (Lipinski definition) is 0. The van der Waals surface area contributed by atoms with E-state index in [-0.39, 0.29) is 10.8 Å². The monoisotopic (exact) mass is 581 g/mol. The topological polar surface area (TPSA) is 56.6 Å². The lowest BCUT2D eigenvalue weighted by Gasteiger charge is -2.55. The minimum Gasteiger partial charge on any atom is -0.493 e. The lowest BCUT2D eigenvalue weighted by Crippen LogP contribution is -2.49. The molecule has 1 aliphatic heterocycles. The van der Waals surface area contributed by atoms with E-state index in [1.807, 2.05) is 24.7 Å². The van der Waals surface area contributed by atoms with Crippen LogP contribution in [0.2, 0.25) is 0 Å². The summed E-state index contributed by atoms with van der Waals surface area (Å²) in [4.78, 5) is 20.7. The predicted molar refractivity (Wildman–Crippen MR) is 170 cm³/mol.